The first kappa shape index (κ1) is 13.5. The maximum absolute atomic E-state index is 12.6. The molecule has 1 saturated heterocycles. The third kappa shape index (κ3) is 2.12. The van der Waals surface area contributed by atoms with Gasteiger partial charge < -0.3 is 4.42 Å². The second-order valence-electron chi connectivity index (χ2n) is 5.38. The highest BCUT2D eigenvalue weighted by Gasteiger charge is 2.39. The molecule has 4 rings (SSSR count). The predicted octanol–water partition coefficient (Wildman–Crippen LogP) is 2.62. The molecule has 0 saturated carbocycles. The Kier molecular flexibility index (Phi) is 3.02. The van der Waals surface area contributed by atoms with E-state index >= 15 is 0 Å². The third-order valence-corrected chi connectivity index (χ3v) is 5.64. The number of sulfonamides is 1. The maximum atomic E-state index is 12.6. The van der Waals surface area contributed by atoms with Gasteiger partial charge in [0.15, 0.2) is 0 Å². The van der Waals surface area contributed by atoms with E-state index in [9.17, 15) is 8.42 Å². The van der Waals surface area contributed by atoms with Crippen LogP contribution in [0.15, 0.2) is 64.2 Å². The summed E-state index contributed by atoms with van der Waals surface area (Å²) in [5.74, 6) is 0.153. The number of para-hydroxylation sites is 1. The third-order valence-electron chi connectivity index (χ3n) is 3.95. The number of hydrogen-bond acceptors (Lipinski definition) is 4. The highest BCUT2D eigenvalue weighted by Crippen LogP contribution is 2.32. The molecule has 5 nitrogen and oxygen atoms in total. The van der Waals surface area contributed by atoms with E-state index in [1.807, 2.05) is 36.4 Å². The van der Waals surface area contributed by atoms with Crippen molar-refractivity contribution in [1.82, 2.24) is 9.29 Å². The van der Waals surface area contributed by atoms with Crippen molar-refractivity contribution in [2.24, 2.45) is 0 Å². The molecule has 0 aliphatic carbocycles. The van der Waals surface area contributed by atoms with Gasteiger partial charge in [0, 0.05) is 42.4 Å². The largest absolute Gasteiger partial charge is 0.443 e. The first-order valence-corrected chi connectivity index (χ1v) is 8.48. The molecule has 2 aromatic heterocycles. The Morgan fingerprint density at radius 1 is 1.09 bits per heavy atom. The smallest absolute Gasteiger partial charge is 0.276 e. The Morgan fingerprint density at radius 3 is 2.59 bits per heavy atom. The molecule has 0 unspecified atom stereocenters. The van der Waals surface area contributed by atoms with Crippen LogP contribution in [-0.4, -0.2) is 30.8 Å². The zero-order valence-electron chi connectivity index (χ0n) is 11.7. The van der Waals surface area contributed by atoms with Gasteiger partial charge in [-0.25, -0.2) is 8.42 Å². The lowest BCUT2D eigenvalue weighted by Crippen LogP contribution is -2.48. The van der Waals surface area contributed by atoms with E-state index in [-0.39, 0.29) is 11.0 Å². The number of rotatable bonds is 3. The number of fused-ring (bicyclic) bond motifs is 1. The average Bonchev–Trinajstić information content (AvgIpc) is 2.91. The fraction of sp³-hybridized carbons (Fsp3) is 0.188. The standard InChI is InChI=1S/C16H14N2O3S/c19-22(20,16-9-12-5-1-2-7-15(12)21-16)18-10-13(11-18)14-6-3-4-8-17-14/h1-9,13H,10-11H2. The second-order valence-corrected chi connectivity index (χ2v) is 7.25. The minimum atomic E-state index is -3.57. The Balaban J connectivity index is 1.58. The summed E-state index contributed by atoms with van der Waals surface area (Å²) in [4.78, 5) is 4.28. The maximum Gasteiger partial charge on any atom is 0.276 e. The van der Waals surface area contributed by atoms with Crippen molar-refractivity contribution < 1.29 is 12.8 Å². The minimum absolute atomic E-state index is 0.00757. The first-order chi connectivity index (χ1) is 10.6. The molecule has 0 bridgehead atoms. The molecule has 0 spiro atoms. The van der Waals surface area contributed by atoms with E-state index in [1.54, 1.807) is 18.3 Å². The van der Waals surface area contributed by atoms with E-state index in [0.717, 1.165) is 11.1 Å². The van der Waals surface area contributed by atoms with Crippen LogP contribution in [0.3, 0.4) is 0 Å². The highest BCUT2D eigenvalue weighted by molar-refractivity contribution is 7.89. The quantitative estimate of drug-likeness (QED) is 0.745. The summed E-state index contributed by atoms with van der Waals surface area (Å²) in [6, 6.07) is 14.6. The van der Waals surface area contributed by atoms with Gasteiger partial charge in [-0.3, -0.25) is 4.98 Å². The lowest BCUT2D eigenvalue weighted by atomic mass is 9.99. The van der Waals surface area contributed by atoms with Crippen molar-refractivity contribution >= 4 is 21.0 Å². The average molecular weight is 314 g/mol. The molecule has 0 atom stereocenters. The van der Waals surface area contributed by atoms with Crippen LogP contribution in [0.1, 0.15) is 11.6 Å². The van der Waals surface area contributed by atoms with Crippen LogP contribution < -0.4 is 0 Å². The van der Waals surface area contributed by atoms with Gasteiger partial charge in [-0.1, -0.05) is 24.3 Å². The van der Waals surface area contributed by atoms with Crippen LogP contribution >= 0.6 is 0 Å². The summed E-state index contributed by atoms with van der Waals surface area (Å²) in [7, 11) is -3.57. The van der Waals surface area contributed by atoms with Crippen LogP contribution in [-0.2, 0) is 10.0 Å². The number of aromatic nitrogens is 1. The number of benzene rings is 1. The van der Waals surface area contributed by atoms with Crippen molar-refractivity contribution in [1.29, 1.82) is 0 Å². The van der Waals surface area contributed by atoms with Gasteiger partial charge in [0.2, 0.25) is 5.09 Å². The summed E-state index contributed by atoms with van der Waals surface area (Å²) in [6.07, 6.45) is 1.73. The number of hydrogen-bond donors (Lipinski definition) is 0. The van der Waals surface area contributed by atoms with Crippen LogP contribution in [0.2, 0.25) is 0 Å². The Bertz CT molecular complexity index is 880. The molecular weight excluding hydrogens is 300 g/mol. The van der Waals surface area contributed by atoms with Crippen LogP contribution in [0.25, 0.3) is 11.0 Å². The molecule has 112 valence electrons. The zero-order valence-corrected chi connectivity index (χ0v) is 12.5. The van der Waals surface area contributed by atoms with Crippen molar-refractivity contribution in [3.63, 3.8) is 0 Å². The molecule has 1 fully saturated rings. The van der Waals surface area contributed by atoms with Crippen molar-refractivity contribution in [3.8, 4) is 0 Å². The molecule has 0 radical (unpaired) electrons. The topological polar surface area (TPSA) is 63.4 Å². The van der Waals surface area contributed by atoms with Gasteiger partial charge in [-0.05, 0) is 18.2 Å². The summed E-state index contributed by atoms with van der Waals surface area (Å²) >= 11 is 0. The van der Waals surface area contributed by atoms with Crippen LogP contribution in [0.5, 0.6) is 0 Å². The second kappa shape index (κ2) is 4.93. The van der Waals surface area contributed by atoms with Gasteiger partial charge in [-0.2, -0.15) is 4.31 Å². The van der Waals surface area contributed by atoms with E-state index in [0.29, 0.717) is 18.7 Å². The molecular formula is C16H14N2O3S. The molecule has 0 N–H and O–H groups in total. The van der Waals surface area contributed by atoms with E-state index in [2.05, 4.69) is 4.98 Å². The van der Waals surface area contributed by atoms with Crippen molar-refractivity contribution in [3.05, 3.63) is 60.4 Å². The van der Waals surface area contributed by atoms with E-state index in [1.165, 1.54) is 4.31 Å². The monoisotopic (exact) mass is 314 g/mol. The zero-order chi connectivity index (χ0) is 15.2. The molecule has 1 aromatic carbocycles. The van der Waals surface area contributed by atoms with E-state index in [4.69, 9.17) is 4.42 Å². The summed E-state index contributed by atoms with van der Waals surface area (Å²) < 4.78 is 32.1. The molecule has 1 aliphatic heterocycles. The van der Waals surface area contributed by atoms with Crippen molar-refractivity contribution in [2.75, 3.05) is 13.1 Å². The number of nitrogens with zero attached hydrogens (tertiary/aromatic N) is 2. The lowest BCUT2D eigenvalue weighted by molar-refractivity contribution is 0.254. The molecule has 3 heterocycles. The van der Waals surface area contributed by atoms with Gasteiger partial charge in [0.25, 0.3) is 10.0 Å². The number of pyridine rings is 1. The summed E-state index contributed by atoms with van der Waals surface area (Å²) in [6.45, 7) is 0.882. The molecule has 3 aromatic rings. The number of furan rings is 1. The molecule has 22 heavy (non-hydrogen) atoms. The van der Waals surface area contributed by atoms with Crippen LogP contribution in [0, 0.1) is 0 Å². The lowest BCUT2D eigenvalue weighted by Gasteiger charge is -2.36. The van der Waals surface area contributed by atoms with Gasteiger partial charge in [-0.15, -0.1) is 0 Å². The predicted molar refractivity (Wildman–Crippen MR) is 82.0 cm³/mol. The van der Waals surface area contributed by atoms with Crippen molar-refractivity contribution in [2.45, 2.75) is 11.0 Å². The fourth-order valence-corrected chi connectivity index (χ4v) is 4.13. The van der Waals surface area contributed by atoms with Crippen LogP contribution in [0.4, 0.5) is 0 Å². The highest BCUT2D eigenvalue weighted by atomic mass is 32.2. The fourth-order valence-electron chi connectivity index (χ4n) is 2.65. The Morgan fingerprint density at radius 2 is 1.86 bits per heavy atom. The molecule has 1 aliphatic rings. The normalized spacial score (nSPS) is 16.7. The Labute approximate surface area is 128 Å². The summed E-state index contributed by atoms with van der Waals surface area (Å²) in [5, 5.41) is 0.802. The van der Waals surface area contributed by atoms with Gasteiger partial charge >= 0.3 is 0 Å². The van der Waals surface area contributed by atoms with E-state index < -0.39 is 10.0 Å². The first-order valence-electron chi connectivity index (χ1n) is 7.04. The summed E-state index contributed by atoms with van der Waals surface area (Å²) in [5.41, 5.74) is 1.52. The van der Waals surface area contributed by atoms with Gasteiger partial charge in [0.1, 0.15) is 5.58 Å². The Hall–Kier alpha value is -2.18. The van der Waals surface area contributed by atoms with Gasteiger partial charge in [0.05, 0.1) is 0 Å². The molecule has 6 heteroatoms. The minimum Gasteiger partial charge on any atom is -0.443 e. The SMILES string of the molecule is O=S(=O)(c1cc2ccccc2o1)N1CC(c2ccccn2)C1. The molecule has 0 amide bonds.